The number of hydrogen-bond donors (Lipinski definition) is 2. The molecule has 0 aliphatic carbocycles. The minimum atomic E-state index is -0.582. The van der Waals surface area contributed by atoms with Gasteiger partial charge in [0.05, 0.1) is 11.8 Å². The van der Waals surface area contributed by atoms with Crippen LogP contribution in [0.2, 0.25) is 0 Å². The van der Waals surface area contributed by atoms with Gasteiger partial charge in [-0.25, -0.2) is 9.97 Å². The molecule has 11 heteroatoms. The largest absolute Gasteiger partial charge is 0.355 e. The van der Waals surface area contributed by atoms with Crippen LogP contribution >= 0.6 is 0 Å². The Kier molecular flexibility index (Phi) is 11.2. The lowest BCUT2D eigenvalue weighted by molar-refractivity contribution is -0.135. The lowest BCUT2D eigenvalue weighted by Crippen LogP contribution is -2.45. The Hall–Kier alpha value is -4.04. The molecule has 0 bridgehead atoms. The number of carbonyl (C=O) groups is 2. The predicted octanol–water partition coefficient (Wildman–Crippen LogP) is 2.57. The van der Waals surface area contributed by atoms with Crippen molar-refractivity contribution in [2.24, 2.45) is 0 Å². The molecule has 1 unspecified atom stereocenters. The smallest absolute Gasteiger partial charge is 0.246 e. The number of likely N-dealkylation sites (N-methyl/N-ethyl adjacent to an activating group) is 2. The van der Waals surface area contributed by atoms with Crippen LogP contribution in [-0.4, -0.2) is 89.9 Å². The van der Waals surface area contributed by atoms with Gasteiger partial charge in [0.1, 0.15) is 11.9 Å². The number of rotatable bonds is 11. The average molecular weight is 537 g/mol. The van der Waals surface area contributed by atoms with E-state index in [1.54, 1.807) is 32.3 Å². The van der Waals surface area contributed by atoms with E-state index >= 15 is 0 Å². The molecular formula is C28H37FN8O2. The average Bonchev–Trinajstić information content (AvgIpc) is 3.45. The van der Waals surface area contributed by atoms with Gasteiger partial charge in [0.15, 0.2) is 0 Å². The first kappa shape index (κ1) is 29.5. The summed E-state index contributed by atoms with van der Waals surface area (Å²) < 4.78 is 13.4. The highest BCUT2D eigenvalue weighted by Gasteiger charge is 2.20. The fraction of sp³-hybridized carbons (Fsp3) is 0.464. The molecule has 1 saturated heterocycles. The Morgan fingerprint density at radius 2 is 2.00 bits per heavy atom. The predicted molar refractivity (Wildman–Crippen MR) is 150 cm³/mol. The topological polar surface area (TPSA) is 107 Å². The minimum Gasteiger partial charge on any atom is -0.355 e. The van der Waals surface area contributed by atoms with Crippen molar-refractivity contribution in [2.75, 3.05) is 57.5 Å². The van der Waals surface area contributed by atoms with Gasteiger partial charge in [-0.3, -0.25) is 9.59 Å². The monoisotopic (exact) mass is 536 g/mol. The number of amides is 2. The van der Waals surface area contributed by atoms with Crippen molar-refractivity contribution in [3.05, 3.63) is 48.2 Å². The summed E-state index contributed by atoms with van der Waals surface area (Å²) in [4.78, 5) is 42.9. The first-order valence-corrected chi connectivity index (χ1v) is 13.1. The van der Waals surface area contributed by atoms with Gasteiger partial charge in [0.2, 0.25) is 23.7 Å². The molecule has 0 radical (unpaired) electrons. The van der Waals surface area contributed by atoms with Gasteiger partial charge in [0, 0.05) is 63.7 Å². The second-order valence-electron chi connectivity index (χ2n) is 9.60. The molecule has 10 nitrogen and oxygen atoms in total. The first-order chi connectivity index (χ1) is 18.7. The molecule has 3 heterocycles. The van der Waals surface area contributed by atoms with Crippen LogP contribution in [0.5, 0.6) is 0 Å². The van der Waals surface area contributed by atoms with E-state index in [0.717, 1.165) is 37.3 Å². The highest BCUT2D eigenvalue weighted by Crippen LogP contribution is 2.24. The standard InChI is InChI=1S/C28H37FN8O2/c1-21(36(4)25(38)12-10-16-35(2)3)27(39)31-14-7-5-6-11-22-20-32-28(33-23-13-15-30-24(29)19-23)34-26(22)37-17-8-9-18-37/h10,12-13,15,19-21H,5,7-9,14,16-18H2,1-4H3,(H,31,39)(H,30,32,33,34)/b12-10+. The highest BCUT2D eigenvalue weighted by atomic mass is 19.1. The number of nitrogens with one attached hydrogen (secondary N) is 2. The maximum Gasteiger partial charge on any atom is 0.246 e. The van der Waals surface area contributed by atoms with E-state index in [9.17, 15) is 14.0 Å². The quantitative estimate of drug-likeness (QED) is 0.195. The number of pyridine rings is 1. The van der Waals surface area contributed by atoms with E-state index in [1.807, 2.05) is 19.0 Å². The molecule has 2 amide bonds. The highest BCUT2D eigenvalue weighted by molar-refractivity contribution is 5.92. The Morgan fingerprint density at radius 1 is 1.23 bits per heavy atom. The van der Waals surface area contributed by atoms with Crippen LogP contribution in [0.3, 0.4) is 0 Å². The Balaban J connectivity index is 1.52. The van der Waals surface area contributed by atoms with E-state index < -0.39 is 12.0 Å². The lowest BCUT2D eigenvalue weighted by atomic mass is 10.2. The molecule has 0 spiro atoms. The van der Waals surface area contributed by atoms with Gasteiger partial charge in [-0.15, -0.1) is 0 Å². The zero-order valence-corrected chi connectivity index (χ0v) is 23.1. The molecule has 0 aromatic carbocycles. The summed E-state index contributed by atoms with van der Waals surface area (Å²) in [6.07, 6.45) is 9.73. The minimum absolute atomic E-state index is 0.207. The first-order valence-electron chi connectivity index (χ1n) is 13.1. The van der Waals surface area contributed by atoms with Crippen LogP contribution in [-0.2, 0) is 9.59 Å². The van der Waals surface area contributed by atoms with E-state index in [-0.39, 0.29) is 11.8 Å². The van der Waals surface area contributed by atoms with Gasteiger partial charge in [-0.05, 0) is 46.3 Å². The maximum absolute atomic E-state index is 13.4. The molecule has 1 fully saturated rings. The summed E-state index contributed by atoms with van der Waals surface area (Å²) in [7, 11) is 5.46. The Morgan fingerprint density at radius 3 is 2.72 bits per heavy atom. The number of unbranched alkanes of at least 4 members (excludes halogenated alkanes) is 1. The molecular weight excluding hydrogens is 499 g/mol. The number of carbonyl (C=O) groups excluding carboxylic acids is 2. The molecule has 2 N–H and O–H groups in total. The molecule has 2 aromatic rings. The van der Waals surface area contributed by atoms with Crippen LogP contribution in [0.1, 0.15) is 38.2 Å². The van der Waals surface area contributed by atoms with Crippen molar-refractivity contribution in [3.63, 3.8) is 0 Å². The summed E-state index contributed by atoms with van der Waals surface area (Å²) in [6.45, 7) is 4.59. The zero-order chi connectivity index (χ0) is 28.2. The van der Waals surface area contributed by atoms with Crippen molar-refractivity contribution in [1.82, 2.24) is 30.1 Å². The second kappa shape index (κ2) is 14.8. The van der Waals surface area contributed by atoms with Gasteiger partial charge in [-0.1, -0.05) is 17.9 Å². The van der Waals surface area contributed by atoms with Crippen molar-refractivity contribution < 1.29 is 14.0 Å². The Labute approximate surface area is 229 Å². The van der Waals surface area contributed by atoms with E-state index in [2.05, 4.69) is 42.3 Å². The van der Waals surface area contributed by atoms with Crippen molar-refractivity contribution in [2.45, 2.75) is 38.6 Å². The lowest BCUT2D eigenvalue weighted by Gasteiger charge is -2.23. The number of nitrogens with zero attached hydrogens (tertiary/aromatic N) is 6. The maximum atomic E-state index is 13.4. The SMILES string of the molecule is CC(C(=O)NCCCC#Cc1cnc(Nc2ccnc(F)c2)nc1N1CCCC1)N(C)C(=O)/C=C/CN(C)C. The van der Waals surface area contributed by atoms with Crippen molar-refractivity contribution >= 4 is 29.3 Å². The van der Waals surface area contributed by atoms with Gasteiger partial charge >= 0.3 is 0 Å². The number of hydrogen-bond acceptors (Lipinski definition) is 8. The Bertz CT molecular complexity index is 1220. The zero-order valence-electron chi connectivity index (χ0n) is 23.1. The molecule has 1 aliphatic rings. The molecule has 1 aliphatic heterocycles. The summed E-state index contributed by atoms with van der Waals surface area (Å²) in [5.41, 5.74) is 1.24. The molecule has 208 valence electrons. The van der Waals surface area contributed by atoms with E-state index in [1.165, 1.54) is 23.2 Å². The summed E-state index contributed by atoms with van der Waals surface area (Å²) >= 11 is 0. The fourth-order valence-electron chi connectivity index (χ4n) is 3.84. The van der Waals surface area contributed by atoms with Crippen molar-refractivity contribution in [3.8, 4) is 11.8 Å². The number of anilines is 3. The van der Waals surface area contributed by atoms with E-state index in [0.29, 0.717) is 37.6 Å². The third kappa shape index (κ3) is 9.33. The van der Waals surface area contributed by atoms with Crippen LogP contribution in [0.25, 0.3) is 0 Å². The molecule has 0 saturated carbocycles. The molecule has 39 heavy (non-hydrogen) atoms. The fourth-order valence-corrected chi connectivity index (χ4v) is 3.84. The van der Waals surface area contributed by atoms with Crippen LogP contribution in [0, 0.1) is 17.8 Å². The molecule has 1 atom stereocenters. The molecule has 3 rings (SSSR count). The van der Waals surface area contributed by atoms with Gasteiger partial charge in [-0.2, -0.15) is 9.37 Å². The third-order valence-corrected chi connectivity index (χ3v) is 6.20. The summed E-state index contributed by atoms with van der Waals surface area (Å²) in [5, 5.41) is 5.90. The number of aromatic nitrogens is 3. The second-order valence-corrected chi connectivity index (χ2v) is 9.60. The van der Waals surface area contributed by atoms with E-state index in [4.69, 9.17) is 0 Å². The summed E-state index contributed by atoms with van der Waals surface area (Å²) in [5.74, 6) is 6.44. The number of halogens is 1. The summed E-state index contributed by atoms with van der Waals surface area (Å²) in [6, 6.07) is 2.35. The van der Waals surface area contributed by atoms with Crippen LogP contribution in [0.15, 0.2) is 36.7 Å². The third-order valence-electron chi connectivity index (χ3n) is 6.20. The van der Waals surface area contributed by atoms with Crippen molar-refractivity contribution in [1.29, 1.82) is 0 Å². The van der Waals surface area contributed by atoms with Crippen LogP contribution < -0.4 is 15.5 Å². The van der Waals surface area contributed by atoms with Gasteiger partial charge in [0.25, 0.3) is 0 Å². The molecule has 2 aromatic heterocycles. The van der Waals surface area contributed by atoms with Crippen LogP contribution in [0.4, 0.5) is 21.8 Å². The normalized spacial score (nSPS) is 13.7. The van der Waals surface area contributed by atoms with Gasteiger partial charge < -0.3 is 25.3 Å².